The monoisotopic (exact) mass is 263 g/mol. The Morgan fingerprint density at radius 3 is 2.70 bits per heavy atom. The van der Waals surface area contributed by atoms with Gasteiger partial charge in [0.2, 0.25) is 0 Å². The van der Waals surface area contributed by atoms with Crippen molar-refractivity contribution in [2.75, 3.05) is 6.54 Å². The minimum Gasteiger partial charge on any atom is -0.330 e. The van der Waals surface area contributed by atoms with Crippen molar-refractivity contribution in [3.63, 3.8) is 0 Å². The highest BCUT2D eigenvalue weighted by atomic mass is 14.9. The number of benzene rings is 2. The van der Waals surface area contributed by atoms with Crippen molar-refractivity contribution in [1.82, 2.24) is 9.97 Å². The molecule has 2 N–H and O–H groups in total. The van der Waals surface area contributed by atoms with Gasteiger partial charge in [0.25, 0.3) is 0 Å². The second-order valence-corrected chi connectivity index (χ2v) is 4.88. The summed E-state index contributed by atoms with van der Waals surface area (Å²) in [5, 5.41) is 1.09. The van der Waals surface area contributed by atoms with Crippen molar-refractivity contribution in [3.05, 3.63) is 59.9 Å². The molecule has 0 aliphatic rings. The molecule has 3 aromatic rings. The number of para-hydroxylation sites is 1. The van der Waals surface area contributed by atoms with Gasteiger partial charge in [-0.2, -0.15) is 0 Å². The van der Waals surface area contributed by atoms with Gasteiger partial charge in [-0.25, -0.2) is 9.97 Å². The van der Waals surface area contributed by atoms with Gasteiger partial charge in [0.1, 0.15) is 5.82 Å². The Bertz CT molecular complexity index is 750. The molecular formula is C17H17N3. The summed E-state index contributed by atoms with van der Waals surface area (Å²) in [6.07, 6.45) is 0.885. The van der Waals surface area contributed by atoms with Crippen molar-refractivity contribution in [2.24, 2.45) is 5.73 Å². The molecule has 0 fully saturated rings. The fourth-order valence-corrected chi connectivity index (χ4v) is 2.45. The zero-order chi connectivity index (χ0) is 13.9. The van der Waals surface area contributed by atoms with Crippen LogP contribution >= 0.6 is 0 Å². The molecule has 1 heterocycles. The standard InChI is InChI=1S/C17H17N3/c1-12-19-16-8-3-2-7-15(16)17(20-12)14-6-4-5-13(11-14)9-10-18/h2-8,11H,9-10,18H2,1H3. The molecule has 3 rings (SSSR count). The normalized spacial score (nSPS) is 10.9. The van der Waals surface area contributed by atoms with Crippen LogP contribution in [-0.2, 0) is 6.42 Å². The zero-order valence-electron chi connectivity index (χ0n) is 11.5. The Labute approximate surface area is 118 Å². The lowest BCUT2D eigenvalue weighted by atomic mass is 10.0. The molecule has 20 heavy (non-hydrogen) atoms. The molecule has 1 aromatic heterocycles. The van der Waals surface area contributed by atoms with E-state index >= 15 is 0 Å². The van der Waals surface area contributed by atoms with E-state index in [-0.39, 0.29) is 0 Å². The largest absolute Gasteiger partial charge is 0.330 e. The molecule has 0 saturated heterocycles. The molecule has 0 atom stereocenters. The second-order valence-electron chi connectivity index (χ2n) is 4.88. The van der Waals surface area contributed by atoms with Gasteiger partial charge < -0.3 is 5.73 Å². The first-order valence-corrected chi connectivity index (χ1v) is 6.80. The van der Waals surface area contributed by atoms with E-state index in [9.17, 15) is 0 Å². The Morgan fingerprint density at radius 1 is 1.00 bits per heavy atom. The molecule has 0 saturated carbocycles. The second kappa shape index (κ2) is 5.39. The maximum absolute atomic E-state index is 5.64. The van der Waals surface area contributed by atoms with E-state index in [1.54, 1.807) is 0 Å². The summed E-state index contributed by atoms with van der Waals surface area (Å²) in [7, 11) is 0. The summed E-state index contributed by atoms with van der Waals surface area (Å²) < 4.78 is 0. The van der Waals surface area contributed by atoms with Crippen LogP contribution in [0.25, 0.3) is 22.2 Å². The lowest BCUT2D eigenvalue weighted by molar-refractivity contribution is 0.969. The third-order valence-electron chi connectivity index (χ3n) is 3.35. The summed E-state index contributed by atoms with van der Waals surface area (Å²) in [4.78, 5) is 9.12. The van der Waals surface area contributed by atoms with Crippen LogP contribution in [0.5, 0.6) is 0 Å². The molecule has 0 aliphatic heterocycles. The molecule has 0 radical (unpaired) electrons. The van der Waals surface area contributed by atoms with E-state index in [2.05, 4.69) is 40.3 Å². The van der Waals surface area contributed by atoms with Gasteiger partial charge in [0.15, 0.2) is 0 Å². The third-order valence-corrected chi connectivity index (χ3v) is 3.35. The van der Waals surface area contributed by atoms with Gasteiger partial charge >= 0.3 is 0 Å². The summed E-state index contributed by atoms with van der Waals surface area (Å²) in [5.41, 5.74) is 9.98. The van der Waals surface area contributed by atoms with E-state index in [1.165, 1.54) is 5.56 Å². The first-order chi connectivity index (χ1) is 9.78. The van der Waals surface area contributed by atoms with Crippen LogP contribution in [0, 0.1) is 6.92 Å². The van der Waals surface area contributed by atoms with Crippen LogP contribution in [-0.4, -0.2) is 16.5 Å². The highest BCUT2D eigenvalue weighted by Gasteiger charge is 2.08. The first kappa shape index (κ1) is 12.8. The highest BCUT2D eigenvalue weighted by molar-refractivity contribution is 5.92. The molecule has 0 unspecified atom stereocenters. The molecule has 0 spiro atoms. The lowest BCUT2D eigenvalue weighted by Gasteiger charge is -2.08. The molecule has 3 nitrogen and oxygen atoms in total. The average Bonchev–Trinajstić information content (AvgIpc) is 2.47. The van der Waals surface area contributed by atoms with Gasteiger partial charge in [-0.05, 0) is 37.6 Å². The molecular weight excluding hydrogens is 246 g/mol. The number of nitrogens with zero attached hydrogens (tertiary/aromatic N) is 2. The highest BCUT2D eigenvalue weighted by Crippen LogP contribution is 2.26. The Morgan fingerprint density at radius 2 is 1.85 bits per heavy atom. The third kappa shape index (κ3) is 2.40. The number of hydrogen-bond acceptors (Lipinski definition) is 3. The molecule has 0 amide bonds. The molecule has 100 valence electrons. The Hall–Kier alpha value is -2.26. The number of aromatic nitrogens is 2. The summed E-state index contributed by atoms with van der Waals surface area (Å²) >= 11 is 0. The van der Waals surface area contributed by atoms with Gasteiger partial charge in [-0.1, -0.05) is 36.4 Å². The van der Waals surface area contributed by atoms with Crippen molar-refractivity contribution in [3.8, 4) is 11.3 Å². The SMILES string of the molecule is Cc1nc(-c2cccc(CCN)c2)c2ccccc2n1. The van der Waals surface area contributed by atoms with Crippen molar-refractivity contribution in [2.45, 2.75) is 13.3 Å². The molecule has 0 aliphatic carbocycles. The number of nitrogens with two attached hydrogens (primary N) is 1. The van der Waals surface area contributed by atoms with Gasteiger partial charge in [0.05, 0.1) is 11.2 Å². The molecule has 3 heteroatoms. The van der Waals surface area contributed by atoms with Gasteiger partial charge in [-0.3, -0.25) is 0 Å². The van der Waals surface area contributed by atoms with E-state index in [4.69, 9.17) is 5.73 Å². The Kier molecular flexibility index (Phi) is 3.44. The number of aryl methyl sites for hydroxylation is 1. The smallest absolute Gasteiger partial charge is 0.126 e. The predicted molar refractivity (Wildman–Crippen MR) is 82.5 cm³/mol. The fourth-order valence-electron chi connectivity index (χ4n) is 2.45. The van der Waals surface area contributed by atoms with Crippen LogP contribution in [0.2, 0.25) is 0 Å². The van der Waals surface area contributed by atoms with Crippen LogP contribution in [0.3, 0.4) is 0 Å². The maximum Gasteiger partial charge on any atom is 0.126 e. The van der Waals surface area contributed by atoms with E-state index in [1.807, 2.05) is 25.1 Å². The molecule has 2 aromatic carbocycles. The topological polar surface area (TPSA) is 51.8 Å². The van der Waals surface area contributed by atoms with Gasteiger partial charge in [0, 0.05) is 10.9 Å². The van der Waals surface area contributed by atoms with Crippen LogP contribution in [0.1, 0.15) is 11.4 Å². The van der Waals surface area contributed by atoms with Gasteiger partial charge in [-0.15, -0.1) is 0 Å². The van der Waals surface area contributed by atoms with E-state index < -0.39 is 0 Å². The minimum absolute atomic E-state index is 0.660. The first-order valence-electron chi connectivity index (χ1n) is 6.80. The van der Waals surface area contributed by atoms with E-state index in [0.717, 1.165) is 34.4 Å². The zero-order valence-corrected chi connectivity index (χ0v) is 11.5. The average molecular weight is 263 g/mol. The van der Waals surface area contributed by atoms with E-state index in [0.29, 0.717) is 6.54 Å². The lowest BCUT2D eigenvalue weighted by Crippen LogP contribution is -2.02. The summed E-state index contributed by atoms with van der Waals surface area (Å²) in [5.74, 6) is 0.794. The van der Waals surface area contributed by atoms with Crippen LogP contribution in [0.4, 0.5) is 0 Å². The Balaban J connectivity index is 2.21. The van der Waals surface area contributed by atoms with Crippen molar-refractivity contribution in [1.29, 1.82) is 0 Å². The van der Waals surface area contributed by atoms with Crippen LogP contribution < -0.4 is 5.73 Å². The van der Waals surface area contributed by atoms with Crippen molar-refractivity contribution < 1.29 is 0 Å². The predicted octanol–water partition coefficient (Wildman–Crippen LogP) is 3.11. The van der Waals surface area contributed by atoms with Crippen molar-refractivity contribution >= 4 is 10.9 Å². The number of fused-ring (bicyclic) bond motifs is 1. The maximum atomic E-state index is 5.64. The van der Waals surface area contributed by atoms with Crippen LogP contribution in [0.15, 0.2) is 48.5 Å². The summed E-state index contributed by atoms with van der Waals surface area (Å²) in [6.45, 7) is 2.59. The summed E-state index contributed by atoms with van der Waals surface area (Å²) in [6, 6.07) is 16.5. The quantitative estimate of drug-likeness (QED) is 0.790. The fraction of sp³-hybridized carbons (Fsp3) is 0.176. The minimum atomic E-state index is 0.660. The molecule has 0 bridgehead atoms. The number of hydrogen-bond donors (Lipinski definition) is 1. The number of rotatable bonds is 3.